The molecule has 0 aromatic heterocycles. The van der Waals surface area contributed by atoms with Gasteiger partial charge in [0.05, 0.1) is 18.7 Å². The number of nitriles is 1. The Bertz CT molecular complexity index is 707. The number of hydrogen-bond acceptors (Lipinski definition) is 4. The van der Waals surface area contributed by atoms with Crippen molar-refractivity contribution in [3.63, 3.8) is 0 Å². The largest absolute Gasteiger partial charge is 0.496 e. The maximum Gasteiger partial charge on any atom is 0.342 e. The van der Waals surface area contributed by atoms with Crippen LogP contribution in [-0.2, 0) is 11.3 Å². The second kappa shape index (κ2) is 6.78. The third kappa shape index (κ3) is 3.53. The first-order chi connectivity index (χ1) is 10.2. The molecule has 0 unspecified atom stereocenters. The van der Waals surface area contributed by atoms with E-state index in [0.29, 0.717) is 21.9 Å². The van der Waals surface area contributed by atoms with Crippen molar-refractivity contribution >= 4 is 17.6 Å². The van der Waals surface area contributed by atoms with E-state index in [-0.39, 0.29) is 12.2 Å². The molecule has 0 aliphatic rings. The van der Waals surface area contributed by atoms with Crippen LogP contribution in [0.2, 0.25) is 5.02 Å². The van der Waals surface area contributed by atoms with Crippen LogP contribution in [0.3, 0.4) is 0 Å². The Morgan fingerprint density at radius 1 is 1.29 bits per heavy atom. The summed E-state index contributed by atoms with van der Waals surface area (Å²) >= 11 is 5.88. The standard InChI is InChI=1S/C16H12ClNO3/c1-20-15-7-6-13(17)8-14(15)16(19)21-10-12-5-3-2-4-11(12)9-18/h2-8H,10H2,1H3. The van der Waals surface area contributed by atoms with E-state index >= 15 is 0 Å². The second-order valence-electron chi connectivity index (χ2n) is 4.19. The van der Waals surface area contributed by atoms with Gasteiger partial charge >= 0.3 is 5.97 Å². The minimum absolute atomic E-state index is 0.0121. The number of esters is 1. The minimum atomic E-state index is -0.554. The predicted molar refractivity (Wildman–Crippen MR) is 78.3 cm³/mol. The molecular formula is C16H12ClNO3. The fourth-order valence-corrected chi connectivity index (χ4v) is 1.99. The molecule has 0 bridgehead atoms. The highest BCUT2D eigenvalue weighted by Crippen LogP contribution is 2.24. The smallest absolute Gasteiger partial charge is 0.342 e. The van der Waals surface area contributed by atoms with Crippen LogP contribution in [-0.4, -0.2) is 13.1 Å². The molecule has 106 valence electrons. The summed E-state index contributed by atoms with van der Waals surface area (Å²) in [7, 11) is 1.46. The second-order valence-corrected chi connectivity index (χ2v) is 4.63. The van der Waals surface area contributed by atoms with Crippen molar-refractivity contribution in [2.45, 2.75) is 6.61 Å². The van der Waals surface area contributed by atoms with E-state index in [1.165, 1.54) is 13.2 Å². The Morgan fingerprint density at radius 3 is 2.76 bits per heavy atom. The van der Waals surface area contributed by atoms with E-state index in [9.17, 15) is 4.79 Å². The summed E-state index contributed by atoms with van der Waals surface area (Å²) in [5.41, 5.74) is 1.37. The average molecular weight is 302 g/mol. The molecule has 0 saturated carbocycles. The fourth-order valence-electron chi connectivity index (χ4n) is 1.82. The van der Waals surface area contributed by atoms with Gasteiger partial charge in [-0.25, -0.2) is 4.79 Å². The molecule has 0 N–H and O–H groups in total. The fraction of sp³-hybridized carbons (Fsp3) is 0.125. The van der Waals surface area contributed by atoms with Gasteiger partial charge in [-0.3, -0.25) is 0 Å². The van der Waals surface area contributed by atoms with Gasteiger partial charge in [0.1, 0.15) is 17.9 Å². The summed E-state index contributed by atoms with van der Waals surface area (Å²) in [5, 5.41) is 9.41. The summed E-state index contributed by atoms with van der Waals surface area (Å²) in [4.78, 5) is 12.1. The van der Waals surface area contributed by atoms with Crippen LogP contribution in [0.15, 0.2) is 42.5 Å². The zero-order valence-corrected chi connectivity index (χ0v) is 12.1. The molecule has 2 aromatic rings. The lowest BCUT2D eigenvalue weighted by Gasteiger charge is -2.09. The van der Waals surface area contributed by atoms with Crippen molar-refractivity contribution in [1.82, 2.24) is 0 Å². The number of carbonyl (C=O) groups excluding carboxylic acids is 1. The van der Waals surface area contributed by atoms with Gasteiger partial charge in [0.15, 0.2) is 0 Å². The summed E-state index contributed by atoms with van der Waals surface area (Å²) in [6, 6.07) is 13.7. The number of nitrogens with zero attached hydrogens (tertiary/aromatic N) is 1. The van der Waals surface area contributed by atoms with Crippen LogP contribution < -0.4 is 4.74 Å². The van der Waals surface area contributed by atoms with E-state index in [2.05, 4.69) is 6.07 Å². The number of halogens is 1. The highest BCUT2D eigenvalue weighted by Gasteiger charge is 2.15. The number of rotatable bonds is 4. The van der Waals surface area contributed by atoms with Crippen molar-refractivity contribution in [2.24, 2.45) is 0 Å². The summed E-state index contributed by atoms with van der Waals surface area (Å²) < 4.78 is 10.3. The summed E-state index contributed by atoms with van der Waals surface area (Å²) in [6.45, 7) is 0.0121. The van der Waals surface area contributed by atoms with E-state index in [4.69, 9.17) is 26.3 Å². The first-order valence-electron chi connectivity index (χ1n) is 6.14. The molecule has 4 nitrogen and oxygen atoms in total. The van der Waals surface area contributed by atoms with E-state index in [1.54, 1.807) is 36.4 Å². The Kier molecular flexibility index (Phi) is 4.81. The van der Waals surface area contributed by atoms with Gasteiger partial charge in [0.2, 0.25) is 0 Å². The average Bonchev–Trinajstić information content (AvgIpc) is 2.52. The van der Waals surface area contributed by atoms with Gasteiger partial charge in [-0.1, -0.05) is 29.8 Å². The Balaban J connectivity index is 2.16. The first-order valence-corrected chi connectivity index (χ1v) is 6.52. The first kappa shape index (κ1) is 14.9. The molecule has 0 saturated heterocycles. The molecule has 0 fully saturated rings. The van der Waals surface area contributed by atoms with Gasteiger partial charge < -0.3 is 9.47 Å². The van der Waals surface area contributed by atoms with Crippen molar-refractivity contribution < 1.29 is 14.3 Å². The number of ether oxygens (including phenoxy) is 2. The molecule has 2 aromatic carbocycles. The zero-order chi connectivity index (χ0) is 15.2. The van der Waals surface area contributed by atoms with Crippen LogP contribution >= 0.6 is 11.6 Å². The Labute approximate surface area is 127 Å². The van der Waals surface area contributed by atoms with Gasteiger partial charge in [-0.2, -0.15) is 5.26 Å². The monoisotopic (exact) mass is 301 g/mol. The zero-order valence-electron chi connectivity index (χ0n) is 11.3. The van der Waals surface area contributed by atoms with Crippen LogP contribution in [0.5, 0.6) is 5.75 Å². The lowest BCUT2D eigenvalue weighted by molar-refractivity contribution is 0.0469. The van der Waals surface area contributed by atoms with Crippen molar-refractivity contribution in [3.05, 3.63) is 64.2 Å². The van der Waals surface area contributed by atoms with Crippen LogP contribution in [0.1, 0.15) is 21.5 Å². The molecule has 0 aliphatic heterocycles. The van der Waals surface area contributed by atoms with Crippen molar-refractivity contribution in [2.75, 3.05) is 7.11 Å². The van der Waals surface area contributed by atoms with E-state index in [1.807, 2.05) is 0 Å². The van der Waals surface area contributed by atoms with Gasteiger partial charge in [-0.05, 0) is 24.3 Å². The van der Waals surface area contributed by atoms with Crippen LogP contribution in [0.4, 0.5) is 0 Å². The molecule has 5 heteroatoms. The van der Waals surface area contributed by atoms with Gasteiger partial charge in [0.25, 0.3) is 0 Å². The molecule has 0 atom stereocenters. The third-order valence-corrected chi connectivity index (χ3v) is 3.11. The molecule has 2 rings (SSSR count). The lowest BCUT2D eigenvalue weighted by atomic mass is 10.1. The topological polar surface area (TPSA) is 59.3 Å². The van der Waals surface area contributed by atoms with E-state index < -0.39 is 5.97 Å². The van der Waals surface area contributed by atoms with Crippen LogP contribution in [0, 0.1) is 11.3 Å². The highest BCUT2D eigenvalue weighted by molar-refractivity contribution is 6.31. The maximum atomic E-state index is 12.1. The Hall–Kier alpha value is -2.51. The van der Waals surface area contributed by atoms with Crippen molar-refractivity contribution in [1.29, 1.82) is 5.26 Å². The maximum absolute atomic E-state index is 12.1. The minimum Gasteiger partial charge on any atom is -0.496 e. The molecule has 0 radical (unpaired) electrons. The molecule has 0 spiro atoms. The number of methoxy groups -OCH3 is 1. The van der Waals surface area contributed by atoms with E-state index in [0.717, 1.165) is 0 Å². The molecule has 21 heavy (non-hydrogen) atoms. The normalized spacial score (nSPS) is 9.76. The highest BCUT2D eigenvalue weighted by atomic mass is 35.5. The Morgan fingerprint density at radius 2 is 2.05 bits per heavy atom. The molecule has 0 amide bonds. The molecular weight excluding hydrogens is 290 g/mol. The number of benzene rings is 2. The third-order valence-electron chi connectivity index (χ3n) is 2.88. The molecule has 0 heterocycles. The molecule has 0 aliphatic carbocycles. The lowest BCUT2D eigenvalue weighted by Crippen LogP contribution is -2.08. The summed E-state index contributed by atoms with van der Waals surface area (Å²) in [5.74, 6) is -0.167. The number of carbonyl (C=O) groups is 1. The number of hydrogen-bond donors (Lipinski definition) is 0. The van der Waals surface area contributed by atoms with Gasteiger partial charge in [0, 0.05) is 10.6 Å². The van der Waals surface area contributed by atoms with Crippen LogP contribution in [0.25, 0.3) is 0 Å². The predicted octanol–water partition coefficient (Wildman–Crippen LogP) is 3.58. The van der Waals surface area contributed by atoms with Crippen molar-refractivity contribution in [3.8, 4) is 11.8 Å². The van der Waals surface area contributed by atoms with Gasteiger partial charge in [-0.15, -0.1) is 0 Å². The SMILES string of the molecule is COc1ccc(Cl)cc1C(=O)OCc1ccccc1C#N. The summed E-state index contributed by atoms with van der Waals surface area (Å²) in [6.07, 6.45) is 0. The quantitative estimate of drug-likeness (QED) is 0.810.